The van der Waals surface area contributed by atoms with Crippen LogP contribution in [0, 0.1) is 5.92 Å². The van der Waals surface area contributed by atoms with Crippen LogP contribution in [0.15, 0.2) is 60.9 Å². The third-order valence-electron chi connectivity index (χ3n) is 9.06. The van der Waals surface area contributed by atoms with Gasteiger partial charge in [-0.25, -0.2) is 0 Å². The Labute approximate surface area is 217 Å². The Morgan fingerprint density at radius 2 is 1.89 bits per heavy atom. The Morgan fingerprint density at radius 1 is 1.08 bits per heavy atom. The largest absolute Gasteiger partial charge is 0.320 e. The average molecular weight is 492 g/mol. The second-order valence-electron chi connectivity index (χ2n) is 11.8. The lowest BCUT2D eigenvalue weighted by molar-refractivity contribution is 0.100. The first kappa shape index (κ1) is 22.7. The van der Waals surface area contributed by atoms with Crippen LogP contribution in [0.5, 0.6) is 0 Å². The van der Waals surface area contributed by atoms with E-state index in [0.717, 1.165) is 52.9 Å². The van der Waals surface area contributed by atoms with Gasteiger partial charge in [0.25, 0.3) is 5.91 Å². The van der Waals surface area contributed by atoms with E-state index in [1.54, 1.807) is 6.33 Å². The van der Waals surface area contributed by atoms with Crippen molar-refractivity contribution in [1.82, 2.24) is 20.1 Å². The van der Waals surface area contributed by atoms with Crippen LogP contribution in [0.2, 0.25) is 0 Å². The first-order valence-corrected chi connectivity index (χ1v) is 13.5. The smallest absolute Gasteiger partial charge is 0.263 e. The fourth-order valence-corrected chi connectivity index (χ4v) is 6.95. The highest BCUT2D eigenvalue weighted by atomic mass is 16.2. The van der Waals surface area contributed by atoms with Crippen LogP contribution >= 0.6 is 0 Å². The predicted octanol–water partition coefficient (Wildman–Crippen LogP) is 6.01. The molecule has 2 saturated carbocycles. The lowest BCUT2D eigenvalue weighted by Gasteiger charge is -2.46. The molecule has 0 radical (unpaired) electrons. The summed E-state index contributed by atoms with van der Waals surface area (Å²) in [5.74, 6) is 1.67. The summed E-state index contributed by atoms with van der Waals surface area (Å²) in [5.41, 5.74) is 5.11. The molecule has 7 rings (SSSR count). The van der Waals surface area contributed by atoms with Gasteiger partial charge in [-0.15, -0.1) is 10.2 Å². The van der Waals surface area contributed by atoms with Crippen LogP contribution < -0.4 is 10.2 Å². The second kappa shape index (κ2) is 7.99. The van der Waals surface area contributed by atoms with Gasteiger partial charge in [-0.3, -0.25) is 9.69 Å². The molecule has 0 atom stereocenters. The first-order valence-electron chi connectivity index (χ1n) is 13.5. The van der Waals surface area contributed by atoms with Crippen molar-refractivity contribution in [1.29, 1.82) is 0 Å². The topological polar surface area (TPSA) is 63.1 Å². The van der Waals surface area contributed by atoms with E-state index >= 15 is 0 Å². The van der Waals surface area contributed by atoms with Crippen molar-refractivity contribution in [2.45, 2.75) is 63.5 Å². The van der Waals surface area contributed by atoms with Crippen LogP contribution in [-0.2, 0) is 19.0 Å². The monoisotopic (exact) mass is 491 g/mol. The second-order valence-corrected chi connectivity index (χ2v) is 11.8. The lowest BCUT2D eigenvalue weighted by Crippen LogP contribution is -2.47. The van der Waals surface area contributed by atoms with Gasteiger partial charge >= 0.3 is 0 Å². The highest BCUT2D eigenvalue weighted by Gasteiger charge is 2.48. The van der Waals surface area contributed by atoms with Crippen LogP contribution in [0.3, 0.4) is 0 Å². The zero-order valence-electron chi connectivity index (χ0n) is 21.8. The van der Waals surface area contributed by atoms with Crippen molar-refractivity contribution < 1.29 is 4.79 Å². The molecule has 188 valence electrons. The maximum atomic E-state index is 14.0. The summed E-state index contributed by atoms with van der Waals surface area (Å²) in [4.78, 5) is 15.9. The summed E-state index contributed by atoms with van der Waals surface area (Å²) >= 11 is 0. The Hall–Kier alpha value is -3.51. The number of amides is 1. The molecule has 1 aromatic heterocycles. The molecule has 1 N–H and O–H groups in total. The van der Waals surface area contributed by atoms with Gasteiger partial charge in [-0.1, -0.05) is 31.2 Å². The molecule has 0 unspecified atom stereocenters. The summed E-state index contributed by atoms with van der Waals surface area (Å²) < 4.78 is 2.04. The van der Waals surface area contributed by atoms with E-state index in [4.69, 9.17) is 0 Å². The zero-order valence-corrected chi connectivity index (χ0v) is 21.8. The first-order chi connectivity index (χ1) is 17.9. The third-order valence-corrected chi connectivity index (χ3v) is 9.06. The van der Waals surface area contributed by atoms with E-state index in [-0.39, 0.29) is 16.9 Å². The quantitative estimate of drug-likeness (QED) is 0.359. The van der Waals surface area contributed by atoms with E-state index in [9.17, 15) is 4.79 Å². The molecule has 0 bridgehead atoms. The van der Waals surface area contributed by atoms with Crippen molar-refractivity contribution in [2.24, 2.45) is 13.0 Å². The van der Waals surface area contributed by atoms with Gasteiger partial charge in [-0.2, -0.15) is 0 Å². The number of nitrogens with one attached hydrogen (secondary N) is 1. The number of carbonyl (C=O) groups is 1. The minimum Gasteiger partial charge on any atom is -0.320 e. The Bertz CT molecular complexity index is 1540. The number of hydrogen-bond acceptors (Lipinski definition) is 4. The van der Waals surface area contributed by atoms with Crippen LogP contribution in [0.25, 0.3) is 10.8 Å². The number of hydrogen-bond donors (Lipinski definition) is 1. The number of aromatic nitrogens is 3. The molecule has 2 heterocycles. The molecule has 37 heavy (non-hydrogen) atoms. The Kier molecular flexibility index (Phi) is 4.90. The minimum atomic E-state index is -0.168. The molecule has 1 aliphatic heterocycles. The fraction of sp³-hybridized carbons (Fsp3) is 0.387. The van der Waals surface area contributed by atoms with E-state index < -0.39 is 0 Å². The van der Waals surface area contributed by atoms with E-state index in [1.165, 1.54) is 30.4 Å². The highest BCUT2D eigenvalue weighted by Crippen LogP contribution is 2.52. The predicted molar refractivity (Wildman–Crippen MR) is 146 cm³/mol. The number of aryl methyl sites for hydroxylation is 1. The standard InChI is InChI=1S/C31H33N5O/c1-20-16-31(17-20,29-34-33-19-35(29)3)23-8-5-9-24(15-23)36-26-10-4-7-22-13-21(14-25(27(22)26)28(36)37)18-32-30(2)11-6-12-30/h4-5,7-10,13-15,19-20,32H,6,11-12,16-18H2,1-3H3. The molecule has 0 spiro atoms. The normalized spacial score (nSPS) is 23.8. The molecule has 0 saturated heterocycles. The van der Waals surface area contributed by atoms with E-state index in [1.807, 2.05) is 16.5 Å². The third kappa shape index (κ3) is 3.38. The fourth-order valence-electron chi connectivity index (χ4n) is 6.95. The van der Waals surface area contributed by atoms with Crippen molar-refractivity contribution in [2.75, 3.05) is 4.90 Å². The van der Waals surface area contributed by atoms with Crippen molar-refractivity contribution in [3.63, 3.8) is 0 Å². The molecule has 6 heteroatoms. The van der Waals surface area contributed by atoms with Gasteiger partial charge in [0.05, 0.1) is 16.7 Å². The molecule has 3 aromatic carbocycles. The Balaban J connectivity index is 1.27. The number of anilines is 2. The average Bonchev–Trinajstić information content (AvgIpc) is 3.41. The molecule has 3 aliphatic rings. The summed E-state index contributed by atoms with van der Waals surface area (Å²) in [6.45, 7) is 5.37. The van der Waals surface area contributed by atoms with Gasteiger partial charge in [0.2, 0.25) is 0 Å². The lowest BCUT2D eigenvalue weighted by atomic mass is 9.58. The van der Waals surface area contributed by atoms with Crippen LogP contribution in [-0.4, -0.2) is 26.2 Å². The van der Waals surface area contributed by atoms with Gasteiger partial charge in [0.15, 0.2) is 0 Å². The van der Waals surface area contributed by atoms with Crippen LogP contribution in [0.4, 0.5) is 11.4 Å². The summed E-state index contributed by atoms with van der Waals surface area (Å²) in [6.07, 6.45) is 7.57. The van der Waals surface area contributed by atoms with Gasteiger partial charge < -0.3 is 9.88 Å². The molecule has 6 nitrogen and oxygen atoms in total. The van der Waals surface area contributed by atoms with Gasteiger partial charge in [0.1, 0.15) is 12.2 Å². The number of nitrogens with zero attached hydrogens (tertiary/aromatic N) is 4. The van der Waals surface area contributed by atoms with Crippen molar-refractivity contribution in [3.8, 4) is 0 Å². The summed E-state index contributed by atoms with van der Waals surface area (Å²) in [5, 5.41) is 14.6. The Morgan fingerprint density at radius 3 is 2.59 bits per heavy atom. The SMILES string of the molecule is CC1CC(c2cccc(N3C(=O)c4cc(CNC5(C)CCC5)cc5cccc3c45)c2)(c2nncn2C)C1. The number of carbonyl (C=O) groups excluding carboxylic acids is 1. The zero-order chi connectivity index (χ0) is 25.4. The minimum absolute atomic E-state index is 0.0507. The van der Waals surface area contributed by atoms with Crippen LogP contribution in [0.1, 0.15) is 73.3 Å². The van der Waals surface area contributed by atoms with Crippen molar-refractivity contribution >= 4 is 28.1 Å². The molecule has 2 aliphatic carbocycles. The number of benzene rings is 3. The molecular formula is C31H33N5O. The number of rotatable bonds is 6. The summed E-state index contributed by atoms with van der Waals surface area (Å²) in [7, 11) is 2.02. The molecule has 2 fully saturated rings. The summed E-state index contributed by atoms with van der Waals surface area (Å²) in [6, 6.07) is 19.1. The highest BCUT2D eigenvalue weighted by molar-refractivity contribution is 6.28. The van der Waals surface area contributed by atoms with Crippen molar-refractivity contribution in [3.05, 3.63) is 83.4 Å². The van der Waals surface area contributed by atoms with E-state index in [2.05, 4.69) is 84.0 Å². The maximum Gasteiger partial charge on any atom is 0.263 e. The van der Waals surface area contributed by atoms with Gasteiger partial charge in [0, 0.05) is 30.2 Å². The van der Waals surface area contributed by atoms with Gasteiger partial charge in [-0.05, 0) is 91.8 Å². The molecule has 4 aromatic rings. The molecule has 1 amide bonds. The van der Waals surface area contributed by atoms with E-state index in [0.29, 0.717) is 5.92 Å². The molecular weight excluding hydrogens is 458 g/mol. The maximum absolute atomic E-state index is 14.0.